The molecule has 1 atom stereocenters. The Hall–Kier alpha value is -2.40. The summed E-state index contributed by atoms with van der Waals surface area (Å²) in [6.07, 6.45) is 0.900. The van der Waals surface area contributed by atoms with Crippen molar-refractivity contribution in [3.05, 3.63) is 66.0 Å². The second-order valence-corrected chi connectivity index (χ2v) is 5.78. The second-order valence-electron chi connectivity index (χ2n) is 5.78. The topological polar surface area (TPSA) is 44.4 Å². The number of carbonyl (C=O) groups excluding carboxylic acids is 1. The van der Waals surface area contributed by atoms with E-state index in [9.17, 15) is 9.18 Å². The van der Waals surface area contributed by atoms with Crippen molar-refractivity contribution in [3.8, 4) is 0 Å². The number of halogens is 1. The third-order valence-electron chi connectivity index (χ3n) is 3.98. The molecule has 1 saturated heterocycles. The predicted molar refractivity (Wildman–Crippen MR) is 88.7 cm³/mol. The van der Waals surface area contributed by atoms with Gasteiger partial charge in [0.1, 0.15) is 5.82 Å². The molecule has 1 heterocycles. The number of hydrogen-bond donors (Lipinski definition) is 2. The van der Waals surface area contributed by atoms with E-state index in [4.69, 9.17) is 0 Å². The van der Waals surface area contributed by atoms with Crippen molar-refractivity contribution in [1.82, 2.24) is 10.2 Å². The lowest BCUT2D eigenvalue weighted by Crippen LogP contribution is -2.39. The SMILES string of the molecule is O=C(Nc1ccccc1F)N[C@H]1CCN(Cc2ccccc2)C1. The van der Waals surface area contributed by atoms with Crippen LogP contribution in [0, 0.1) is 5.82 Å². The van der Waals surface area contributed by atoms with E-state index >= 15 is 0 Å². The first kappa shape index (κ1) is 15.5. The van der Waals surface area contributed by atoms with Gasteiger partial charge in [-0.05, 0) is 24.1 Å². The van der Waals surface area contributed by atoms with Gasteiger partial charge >= 0.3 is 6.03 Å². The van der Waals surface area contributed by atoms with Crippen LogP contribution in [0.25, 0.3) is 0 Å². The number of likely N-dealkylation sites (tertiary alicyclic amines) is 1. The third kappa shape index (κ3) is 4.29. The summed E-state index contributed by atoms with van der Waals surface area (Å²) in [6.45, 7) is 2.63. The van der Waals surface area contributed by atoms with Gasteiger partial charge in [-0.3, -0.25) is 4.90 Å². The van der Waals surface area contributed by atoms with Crippen molar-refractivity contribution < 1.29 is 9.18 Å². The Morgan fingerprint density at radius 2 is 1.87 bits per heavy atom. The van der Waals surface area contributed by atoms with Crippen LogP contribution in [-0.2, 0) is 6.54 Å². The lowest BCUT2D eigenvalue weighted by Gasteiger charge is -2.17. The molecule has 0 spiro atoms. The third-order valence-corrected chi connectivity index (χ3v) is 3.98. The van der Waals surface area contributed by atoms with Crippen molar-refractivity contribution in [2.24, 2.45) is 0 Å². The van der Waals surface area contributed by atoms with E-state index in [0.29, 0.717) is 0 Å². The summed E-state index contributed by atoms with van der Waals surface area (Å²) in [4.78, 5) is 14.3. The highest BCUT2D eigenvalue weighted by Gasteiger charge is 2.23. The first-order chi connectivity index (χ1) is 11.2. The Kier molecular flexibility index (Phi) is 4.88. The first-order valence-corrected chi connectivity index (χ1v) is 7.79. The Labute approximate surface area is 135 Å². The minimum absolute atomic E-state index is 0.0884. The molecule has 0 aliphatic carbocycles. The molecule has 1 aliphatic heterocycles. The average Bonchev–Trinajstić information content (AvgIpc) is 2.97. The highest BCUT2D eigenvalue weighted by atomic mass is 19.1. The van der Waals surface area contributed by atoms with E-state index in [1.807, 2.05) is 18.2 Å². The molecular formula is C18H20FN3O. The zero-order chi connectivity index (χ0) is 16.1. The van der Waals surface area contributed by atoms with Crippen molar-refractivity contribution >= 4 is 11.7 Å². The molecule has 2 amide bonds. The van der Waals surface area contributed by atoms with Crippen LogP contribution in [0.3, 0.4) is 0 Å². The molecule has 0 saturated carbocycles. The summed E-state index contributed by atoms with van der Waals surface area (Å²) >= 11 is 0. The van der Waals surface area contributed by atoms with Crippen molar-refractivity contribution in [2.45, 2.75) is 19.0 Å². The zero-order valence-corrected chi connectivity index (χ0v) is 12.8. The quantitative estimate of drug-likeness (QED) is 0.910. The second kappa shape index (κ2) is 7.24. The van der Waals surface area contributed by atoms with Crippen molar-refractivity contribution in [3.63, 3.8) is 0 Å². The van der Waals surface area contributed by atoms with Gasteiger partial charge in [0.25, 0.3) is 0 Å². The summed E-state index contributed by atoms with van der Waals surface area (Å²) in [5.74, 6) is -0.431. The molecule has 2 aromatic carbocycles. The van der Waals surface area contributed by atoms with Gasteiger partial charge in [0, 0.05) is 25.7 Å². The van der Waals surface area contributed by atoms with E-state index in [2.05, 4.69) is 27.7 Å². The van der Waals surface area contributed by atoms with E-state index in [1.54, 1.807) is 18.2 Å². The molecule has 0 aromatic heterocycles. The van der Waals surface area contributed by atoms with Crippen LogP contribution in [0.2, 0.25) is 0 Å². The lowest BCUT2D eigenvalue weighted by atomic mass is 10.2. The number of anilines is 1. The largest absolute Gasteiger partial charge is 0.334 e. The number of amides is 2. The number of para-hydroxylation sites is 1. The van der Waals surface area contributed by atoms with Crippen LogP contribution >= 0.6 is 0 Å². The average molecular weight is 313 g/mol. The summed E-state index contributed by atoms with van der Waals surface area (Å²) in [6, 6.07) is 16.2. The summed E-state index contributed by atoms with van der Waals surface area (Å²) < 4.78 is 13.5. The van der Waals surface area contributed by atoms with Gasteiger partial charge in [-0.2, -0.15) is 0 Å². The van der Waals surface area contributed by atoms with Crippen molar-refractivity contribution in [2.75, 3.05) is 18.4 Å². The molecule has 1 fully saturated rings. The fourth-order valence-corrected chi connectivity index (χ4v) is 2.84. The highest BCUT2D eigenvalue weighted by Crippen LogP contribution is 2.15. The van der Waals surface area contributed by atoms with E-state index in [0.717, 1.165) is 26.1 Å². The molecule has 23 heavy (non-hydrogen) atoms. The van der Waals surface area contributed by atoms with Crippen LogP contribution in [0.15, 0.2) is 54.6 Å². The van der Waals surface area contributed by atoms with Crippen LogP contribution in [0.1, 0.15) is 12.0 Å². The summed E-state index contributed by atoms with van der Waals surface area (Å²) in [5.41, 5.74) is 1.47. The van der Waals surface area contributed by atoms with Gasteiger partial charge in [-0.1, -0.05) is 42.5 Å². The van der Waals surface area contributed by atoms with Crippen LogP contribution < -0.4 is 10.6 Å². The van der Waals surface area contributed by atoms with E-state index in [1.165, 1.54) is 11.6 Å². The number of hydrogen-bond acceptors (Lipinski definition) is 2. The molecule has 5 heteroatoms. The highest BCUT2D eigenvalue weighted by molar-refractivity contribution is 5.89. The normalized spacial score (nSPS) is 17.9. The molecule has 1 aliphatic rings. The van der Waals surface area contributed by atoms with Crippen molar-refractivity contribution in [1.29, 1.82) is 0 Å². The Morgan fingerprint density at radius 1 is 1.13 bits per heavy atom. The molecular weight excluding hydrogens is 293 g/mol. The summed E-state index contributed by atoms with van der Waals surface area (Å²) in [5, 5.41) is 5.47. The standard InChI is InChI=1S/C18H20FN3O/c19-16-8-4-5-9-17(16)21-18(23)20-15-10-11-22(13-15)12-14-6-2-1-3-7-14/h1-9,15H,10-13H2,(H2,20,21,23)/t15-/m0/s1. The minimum atomic E-state index is -0.431. The maximum Gasteiger partial charge on any atom is 0.319 e. The van der Waals surface area contributed by atoms with Gasteiger partial charge in [0.05, 0.1) is 5.69 Å². The number of nitrogens with zero attached hydrogens (tertiary/aromatic N) is 1. The van der Waals surface area contributed by atoms with Gasteiger partial charge in [0.2, 0.25) is 0 Å². The van der Waals surface area contributed by atoms with Crippen LogP contribution in [-0.4, -0.2) is 30.1 Å². The molecule has 2 aromatic rings. The molecule has 120 valence electrons. The predicted octanol–water partition coefficient (Wildman–Crippen LogP) is 3.22. The maximum atomic E-state index is 13.5. The van der Waals surface area contributed by atoms with Crippen LogP contribution in [0.5, 0.6) is 0 Å². The smallest absolute Gasteiger partial charge is 0.319 e. The van der Waals surface area contributed by atoms with Gasteiger partial charge in [-0.15, -0.1) is 0 Å². The minimum Gasteiger partial charge on any atom is -0.334 e. The number of benzene rings is 2. The number of nitrogens with one attached hydrogen (secondary N) is 2. The molecule has 0 bridgehead atoms. The molecule has 2 N–H and O–H groups in total. The maximum absolute atomic E-state index is 13.5. The van der Waals surface area contributed by atoms with Crippen LogP contribution in [0.4, 0.5) is 14.9 Å². The van der Waals surface area contributed by atoms with E-state index in [-0.39, 0.29) is 17.8 Å². The first-order valence-electron chi connectivity index (χ1n) is 7.79. The molecule has 0 unspecified atom stereocenters. The Balaban J connectivity index is 1.48. The van der Waals surface area contributed by atoms with E-state index < -0.39 is 5.82 Å². The zero-order valence-electron chi connectivity index (χ0n) is 12.8. The fourth-order valence-electron chi connectivity index (χ4n) is 2.84. The monoisotopic (exact) mass is 313 g/mol. The molecule has 4 nitrogen and oxygen atoms in total. The molecule has 0 radical (unpaired) electrons. The number of urea groups is 1. The Morgan fingerprint density at radius 3 is 2.65 bits per heavy atom. The van der Waals surface area contributed by atoms with Gasteiger partial charge < -0.3 is 10.6 Å². The van der Waals surface area contributed by atoms with Gasteiger partial charge in [-0.25, -0.2) is 9.18 Å². The summed E-state index contributed by atoms with van der Waals surface area (Å²) in [7, 11) is 0. The Bertz CT molecular complexity index is 662. The lowest BCUT2D eigenvalue weighted by molar-refractivity contribution is 0.247. The van der Waals surface area contributed by atoms with Gasteiger partial charge in [0.15, 0.2) is 0 Å². The number of rotatable bonds is 4. The molecule has 3 rings (SSSR count). The fraction of sp³-hybridized carbons (Fsp3) is 0.278. The number of carbonyl (C=O) groups is 1.